The molecule has 4 heterocycles. The molecule has 7 nitrogen and oxygen atoms in total. The van der Waals surface area contributed by atoms with Crippen LogP contribution in [0.25, 0.3) is 112 Å². The second-order valence-corrected chi connectivity index (χ2v) is 13.6. The predicted molar refractivity (Wildman–Crippen MR) is 223 cm³/mol. The van der Waals surface area contributed by atoms with Crippen molar-refractivity contribution < 1.29 is 8.83 Å². The van der Waals surface area contributed by atoms with Crippen molar-refractivity contribution in [1.82, 2.24) is 24.9 Å². The summed E-state index contributed by atoms with van der Waals surface area (Å²) < 4.78 is 13.1. The summed E-state index contributed by atoms with van der Waals surface area (Å²) >= 11 is 0. The molecular formula is C49H29N5O2. The Hall–Kier alpha value is -7.77. The molecule has 0 saturated carbocycles. The lowest BCUT2D eigenvalue weighted by Gasteiger charge is -2.10. The summed E-state index contributed by atoms with van der Waals surface area (Å²) in [6.07, 6.45) is 0. The van der Waals surface area contributed by atoms with E-state index in [1.807, 2.05) is 133 Å². The van der Waals surface area contributed by atoms with Crippen LogP contribution < -0.4 is 0 Å². The lowest BCUT2D eigenvalue weighted by atomic mass is 10.0. The van der Waals surface area contributed by atoms with E-state index in [0.29, 0.717) is 40.2 Å². The fourth-order valence-electron chi connectivity index (χ4n) is 7.47. The number of fused-ring (bicyclic) bond motifs is 6. The van der Waals surface area contributed by atoms with E-state index in [0.717, 1.165) is 71.8 Å². The maximum absolute atomic E-state index is 6.61. The molecule has 0 atom stereocenters. The lowest BCUT2D eigenvalue weighted by Crippen LogP contribution is -2.00. The van der Waals surface area contributed by atoms with Crippen LogP contribution >= 0.6 is 0 Å². The van der Waals surface area contributed by atoms with E-state index in [9.17, 15) is 0 Å². The van der Waals surface area contributed by atoms with E-state index in [1.54, 1.807) is 0 Å². The molecule has 0 aliphatic rings. The number of rotatable bonds is 6. The second-order valence-electron chi connectivity index (χ2n) is 13.6. The molecule has 0 bridgehead atoms. The highest BCUT2D eigenvalue weighted by atomic mass is 16.3. The van der Waals surface area contributed by atoms with E-state index in [-0.39, 0.29) is 0 Å². The third kappa shape index (κ3) is 5.41. The normalized spacial score (nSPS) is 11.6. The molecule has 0 aliphatic carbocycles. The van der Waals surface area contributed by atoms with Gasteiger partial charge in [0.1, 0.15) is 28.0 Å². The van der Waals surface area contributed by atoms with Crippen LogP contribution in [0.15, 0.2) is 185 Å². The number of nitrogens with zero attached hydrogens (tertiary/aromatic N) is 5. The summed E-state index contributed by atoms with van der Waals surface area (Å²) in [5, 5.41) is 2.82. The highest BCUT2D eigenvalue weighted by Crippen LogP contribution is 2.42. The van der Waals surface area contributed by atoms with Crippen LogP contribution in [0.5, 0.6) is 0 Å². The molecule has 11 rings (SSSR count). The van der Waals surface area contributed by atoms with Crippen molar-refractivity contribution in [3.63, 3.8) is 0 Å². The van der Waals surface area contributed by atoms with E-state index in [2.05, 4.69) is 42.5 Å². The Morgan fingerprint density at radius 2 is 0.875 bits per heavy atom. The molecule has 7 aromatic carbocycles. The third-order valence-corrected chi connectivity index (χ3v) is 10.2. The van der Waals surface area contributed by atoms with Crippen molar-refractivity contribution in [1.29, 1.82) is 0 Å². The molecule has 0 N–H and O–H groups in total. The van der Waals surface area contributed by atoms with E-state index >= 15 is 0 Å². The number of benzene rings is 7. The summed E-state index contributed by atoms with van der Waals surface area (Å²) in [6.45, 7) is 0. The van der Waals surface area contributed by atoms with Crippen molar-refractivity contribution in [2.75, 3.05) is 0 Å². The molecule has 0 radical (unpaired) electrons. The molecule has 0 unspecified atom stereocenters. The van der Waals surface area contributed by atoms with Gasteiger partial charge in [-0.1, -0.05) is 140 Å². The minimum absolute atomic E-state index is 0.550. The highest BCUT2D eigenvalue weighted by molar-refractivity contribution is 6.16. The molecule has 4 aromatic heterocycles. The maximum Gasteiger partial charge on any atom is 0.180 e. The number of hydrogen-bond acceptors (Lipinski definition) is 7. The lowest BCUT2D eigenvalue weighted by molar-refractivity contribution is 0.667. The van der Waals surface area contributed by atoms with Gasteiger partial charge in [-0.05, 0) is 47.5 Å². The van der Waals surface area contributed by atoms with Crippen LogP contribution in [0, 0.1) is 0 Å². The molecule has 11 aromatic rings. The number of hydrogen-bond donors (Lipinski definition) is 0. The quantitative estimate of drug-likeness (QED) is 0.169. The van der Waals surface area contributed by atoms with Gasteiger partial charge < -0.3 is 8.83 Å². The molecule has 262 valence electrons. The van der Waals surface area contributed by atoms with Crippen LogP contribution in [0.4, 0.5) is 0 Å². The van der Waals surface area contributed by atoms with E-state index in [4.69, 9.17) is 33.8 Å². The first-order chi connectivity index (χ1) is 27.7. The number of para-hydroxylation sites is 1. The van der Waals surface area contributed by atoms with Gasteiger partial charge in [-0.25, -0.2) is 24.9 Å². The first kappa shape index (κ1) is 31.7. The maximum atomic E-state index is 6.61. The zero-order valence-electron chi connectivity index (χ0n) is 29.8. The van der Waals surface area contributed by atoms with Crippen LogP contribution in [0.2, 0.25) is 0 Å². The Balaban J connectivity index is 1.08. The molecule has 56 heavy (non-hydrogen) atoms. The molecule has 0 spiro atoms. The van der Waals surface area contributed by atoms with Gasteiger partial charge in [0.15, 0.2) is 28.9 Å². The summed E-state index contributed by atoms with van der Waals surface area (Å²) in [4.78, 5) is 25.2. The van der Waals surface area contributed by atoms with E-state index < -0.39 is 0 Å². The molecule has 0 saturated heterocycles. The van der Waals surface area contributed by atoms with Crippen molar-refractivity contribution in [3.05, 3.63) is 176 Å². The zero-order chi connectivity index (χ0) is 37.0. The van der Waals surface area contributed by atoms with Gasteiger partial charge in [-0.2, -0.15) is 0 Å². The molecule has 0 amide bonds. The zero-order valence-corrected chi connectivity index (χ0v) is 29.8. The average Bonchev–Trinajstić information content (AvgIpc) is 3.85. The average molecular weight is 720 g/mol. The third-order valence-electron chi connectivity index (χ3n) is 10.2. The Bertz CT molecular complexity index is 3250. The largest absolute Gasteiger partial charge is 0.456 e. The fourth-order valence-corrected chi connectivity index (χ4v) is 7.47. The van der Waals surface area contributed by atoms with Gasteiger partial charge >= 0.3 is 0 Å². The predicted octanol–water partition coefficient (Wildman–Crippen LogP) is 12.5. The Labute approximate surface area is 320 Å². The standard InChI is InChI=1S/C49H29N5O2/c1-4-14-30(15-5-1)33-20-12-21-34(28-33)48-52-47(32-18-8-3-9-19-32)53-49(54-48)35-26-27-36-41(29-35)55-40-25-13-23-38(42(36)40)44-45-43(37-22-10-11-24-39(37)56-45)50-46(51-44)31-16-6-2-7-17-31/h1-29H. The van der Waals surface area contributed by atoms with Gasteiger partial charge in [-0.3, -0.25) is 0 Å². The van der Waals surface area contributed by atoms with Gasteiger partial charge in [0.05, 0.1) is 0 Å². The Kier molecular flexibility index (Phi) is 7.35. The Morgan fingerprint density at radius 3 is 1.61 bits per heavy atom. The van der Waals surface area contributed by atoms with Crippen LogP contribution in [0.3, 0.4) is 0 Å². The minimum atomic E-state index is 0.550. The second kappa shape index (κ2) is 13.0. The summed E-state index contributed by atoms with van der Waals surface area (Å²) in [5.41, 5.74) is 11.0. The van der Waals surface area contributed by atoms with Crippen molar-refractivity contribution in [2.45, 2.75) is 0 Å². The van der Waals surface area contributed by atoms with Gasteiger partial charge in [0.2, 0.25) is 0 Å². The topological polar surface area (TPSA) is 90.7 Å². The molecule has 0 fully saturated rings. The molecular weight excluding hydrogens is 691 g/mol. The molecule has 0 aliphatic heterocycles. The highest BCUT2D eigenvalue weighted by Gasteiger charge is 2.22. The van der Waals surface area contributed by atoms with Crippen molar-refractivity contribution in [3.8, 4) is 67.9 Å². The van der Waals surface area contributed by atoms with E-state index in [1.165, 1.54) is 0 Å². The SMILES string of the molecule is c1ccc(-c2cccc(-c3nc(-c4ccccc4)nc(-c4ccc5c(c4)oc4cccc(-c6nc(-c7ccccc7)nc7c6oc6ccccc67)c45)n3)c2)cc1. The van der Waals surface area contributed by atoms with Gasteiger partial charge in [0.25, 0.3) is 0 Å². The van der Waals surface area contributed by atoms with Crippen LogP contribution in [-0.4, -0.2) is 24.9 Å². The minimum Gasteiger partial charge on any atom is -0.456 e. The number of aromatic nitrogens is 5. The van der Waals surface area contributed by atoms with Crippen molar-refractivity contribution >= 4 is 44.0 Å². The van der Waals surface area contributed by atoms with Gasteiger partial charge in [-0.15, -0.1) is 0 Å². The van der Waals surface area contributed by atoms with Crippen molar-refractivity contribution in [2.24, 2.45) is 0 Å². The summed E-state index contributed by atoms with van der Waals surface area (Å²) in [6, 6.07) is 58.9. The molecule has 7 heteroatoms. The fraction of sp³-hybridized carbons (Fsp3) is 0. The van der Waals surface area contributed by atoms with Gasteiger partial charge in [0, 0.05) is 44.0 Å². The first-order valence-electron chi connectivity index (χ1n) is 18.4. The first-order valence-corrected chi connectivity index (χ1v) is 18.4. The number of furan rings is 2. The summed E-state index contributed by atoms with van der Waals surface area (Å²) in [5.74, 6) is 2.36. The smallest absolute Gasteiger partial charge is 0.180 e. The Morgan fingerprint density at radius 1 is 0.321 bits per heavy atom. The summed E-state index contributed by atoms with van der Waals surface area (Å²) in [7, 11) is 0. The van der Waals surface area contributed by atoms with Crippen LogP contribution in [-0.2, 0) is 0 Å². The van der Waals surface area contributed by atoms with Crippen LogP contribution in [0.1, 0.15) is 0 Å². The monoisotopic (exact) mass is 719 g/mol.